The third kappa shape index (κ3) is 3.36. The van der Waals surface area contributed by atoms with E-state index in [0.29, 0.717) is 29.5 Å². The van der Waals surface area contributed by atoms with E-state index in [2.05, 4.69) is 11.1 Å². The number of ether oxygens (including phenoxy) is 2. The summed E-state index contributed by atoms with van der Waals surface area (Å²) in [5.41, 5.74) is 6.89. The van der Waals surface area contributed by atoms with Gasteiger partial charge in [-0.1, -0.05) is 6.07 Å². The zero-order valence-corrected chi connectivity index (χ0v) is 10.5. The molecular formula is C14H13N3O2. The minimum atomic E-state index is 0.352. The predicted octanol–water partition coefficient (Wildman–Crippen LogP) is 2.12. The van der Waals surface area contributed by atoms with E-state index in [9.17, 15) is 0 Å². The van der Waals surface area contributed by atoms with Crippen molar-refractivity contribution in [2.75, 3.05) is 12.8 Å². The van der Waals surface area contributed by atoms with Crippen LogP contribution in [0.3, 0.4) is 0 Å². The fourth-order valence-corrected chi connectivity index (χ4v) is 1.53. The van der Waals surface area contributed by atoms with Crippen LogP contribution in [0.4, 0.5) is 5.82 Å². The smallest absolute Gasteiger partial charge is 0.124 e. The zero-order chi connectivity index (χ0) is 13.7. The number of rotatable bonds is 4. The number of pyridine rings is 1. The fourth-order valence-electron chi connectivity index (χ4n) is 1.53. The van der Waals surface area contributed by atoms with E-state index < -0.39 is 0 Å². The third-order valence-corrected chi connectivity index (χ3v) is 2.50. The van der Waals surface area contributed by atoms with Crippen LogP contribution in [0.25, 0.3) is 0 Å². The number of hydrogen-bond donors (Lipinski definition) is 1. The SMILES string of the molecule is COc1cc(C#N)cc(OCc2ccc(N)nc2)c1. The Morgan fingerprint density at radius 1 is 1.26 bits per heavy atom. The number of hydrogen-bond acceptors (Lipinski definition) is 5. The van der Waals surface area contributed by atoms with Gasteiger partial charge in [-0.05, 0) is 18.2 Å². The second kappa shape index (κ2) is 5.74. The lowest BCUT2D eigenvalue weighted by atomic mass is 10.2. The Bertz CT molecular complexity index is 603. The van der Waals surface area contributed by atoms with Crippen molar-refractivity contribution in [2.24, 2.45) is 0 Å². The normalized spacial score (nSPS) is 9.68. The molecular weight excluding hydrogens is 242 g/mol. The monoisotopic (exact) mass is 255 g/mol. The van der Waals surface area contributed by atoms with Crippen molar-refractivity contribution in [3.05, 3.63) is 47.7 Å². The first-order valence-corrected chi connectivity index (χ1v) is 5.63. The number of benzene rings is 1. The van der Waals surface area contributed by atoms with Gasteiger partial charge in [-0.2, -0.15) is 5.26 Å². The summed E-state index contributed by atoms with van der Waals surface area (Å²) in [6, 6.07) is 10.7. The van der Waals surface area contributed by atoms with E-state index in [4.69, 9.17) is 20.5 Å². The van der Waals surface area contributed by atoms with Crippen LogP contribution in [-0.4, -0.2) is 12.1 Å². The van der Waals surface area contributed by atoms with Crippen molar-refractivity contribution in [3.8, 4) is 17.6 Å². The summed E-state index contributed by atoms with van der Waals surface area (Å²) in [7, 11) is 1.55. The van der Waals surface area contributed by atoms with Gasteiger partial charge in [0.25, 0.3) is 0 Å². The zero-order valence-electron chi connectivity index (χ0n) is 10.5. The molecule has 0 radical (unpaired) electrons. The number of methoxy groups -OCH3 is 1. The number of nitrogen functional groups attached to an aromatic ring is 1. The molecule has 0 saturated heterocycles. The van der Waals surface area contributed by atoms with Crippen molar-refractivity contribution in [2.45, 2.75) is 6.61 Å². The maximum absolute atomic E-state index is 8.91. The van der Waals surface area contributed by atoms with Crippen LogP contribution in [-0.2, 0) is 6.61 Å². The van der Waals surface area contributed by atoms with Crippen molar-refractivity contribution in [1.82, 2.24) is 4.98 Å². The fraction of sp³-hybridized carbons (Fsp3) is 0.143. The van der Waals surface area contributed by atoms with Gasteiger partial charge in [0.1, 0.15) is 23.9 Å². The molecule has 1 aromatic carbocycles. The first-order valence-electron chi connectivity index (χ1n) is 5.63. The molecule has 1 heterocycles. The molecule has 96 valence electrons. The lowest BCUT2D eigenvalue weighted by Gasteiger charge is -2.08. The van der Waals surface area contributed by atoms with Gasteiger partial charge in [0, 0.05) is 17.8 Å². The first-order chi connectivity index (χ1) is 9.21. The van der Waals surface area contributed by atoms with Gasteiger partial charge < -0.3 is 15.2 Å². The van der Waals surface area contributed by atoms with Gasteiger partial charge in [-0.25, -0.2) is 4.98 Å². The molecule has 0 aliphatic carbocycles. The highest BCUT2D eigenvalue weighted by Gasteiger charge is 2.03. The number of nitrogens with zero attached hydrogens (tertiary/aromatic N) is 2. The highest BCUT2D eigenvalue weighted by molar-refractivity contribution is 5.44. The quantitative estimate of drug-likeness (QED) is 0.905. The van der Waals surface area contributed by atoms with E-state index in [-0.39, 0.29) is 0 Å². The Balaban J connectivity index is 2.11. The molecule has 2 aromatic rings. The van der Waals surface area contributed by atoms with Crippen molar-refractivity contribution in [1.29, 1.82) is 5.26 Å². The molecule has 2 N–H and O–H groups in total. The molecule has 0 amide bonds. The topological polar surface area (TPSA) is 81.2 Å². The molecule has 0 spiro atoms. The van der Waals surface area contributed by atoms with Gasteiger partial charge >= 0.3 is 0 Å². The molecule has 0 atom stereocenters. The second-order valence-corrected chi connectivity index (χ2v) is 3.89. The molecule has 0 aliphatic heterocycles. The molecule has 19 heavy (non-hydrogen) atoms. The first kappa shape index (κ1) is 12.7. The van der Waals surface area contributed by atoms with Crippen LogP contribution in [0, 0.1) is 11.3 Å². The van der Waals surface area contributed by atoms with Crippen molar-refractivity contribution in [3.63, 3.8) is 0 Å². The second-order valence-electron chi connectivity index (χ2n) is 3.89. The lowest BCUT2D eigenvalue weighted by Crippen LogP contribution is -1.98. The summed E-state index contributed by atoms with van der Waals surface area (Å²) in [5, 5.41) is 8.91. The third-order valence-electron chi connectivity index (χ3n) is 2.50. The van der Waals surface area contributed by atoms with Gasteiger partial charge in [-0.15, -0.1) is 0 Å². The number of aromatic nitrogens is 1. The molecule has 5 heteroatoms. The Morgan fingerprint density at radius 2 is 2.05 bits per heavy atom. The maximum atomic E-state index is 8.91. The summed E-state index contributed by atoms with van der Waals surface area (Å²) >= 11 is 0. The molecule has 5 nitrogen and oxygen atoms in total. The Kier molecular flexibility index (Phi) is 3.84. The average Bonchev–Trinajstić information content (AvgIpc) is 2.46. The van der Waals surface area contributed by atoms with E-state index in [1.54, 1.807) is 37.6 Å². The van der Waals surface area contributed by atoms with Gasteiger partial charge in [0.15, 0.2) is 0 Å². The Labute approximate surface area is 111 Å². The van der Waals surface area contributed by atoms with E-state index >= 15 is 0 Å². The summed E-state index contributed by atoms with van der Waals surface area (Å²) in [6.07, 6.45) is 1.65. The van der Waals surface area contributed by atoms with E-state index in [1.165, 1.54) is 0 Å². The standard InChI is InChI=1S/C14H13N3O2/c1-18-12-4-11(7-15)5-13(6-12)19-9-10-2-3-14(16)17-8-10/h2-6,8H,9H2,1H3,(H2,16,17). The minimum absolute atomic E-state index is 0.352. The molecule has 2 rings (SSSR count). The van der Waals surface area contributed by atoms with Crippen molar-refractivity contribution < 1.29 is 9.47 Å². The van der Waals surface area contributed by atoms with Crippen LogP contribution in [0.1, 0.15) is 11.1 Å². The summed E-state index contributed by atoms with van der Waals surface area (Å²) in [5.74, 6) is 1.63. The minimum Gasteiger partial charge on any atom is -0.497 e. The summed E-state index contributed by atoms with van der Waals surface area (Å²) in [4.78, 5) is 3.98. The molecule has 0 unspecified atom stereocenters. The highest BCUT2D eigenvalue weighted by atomic mass is 16.5. The molecule has 0 bridgehead atoms. The Hall–Kier alpha value is -2.74. The van der Waals surface area contributed by atoms with E-state index in [1.807, 2.05) is 6.07 Å². The molecule has 0 fully saturated rings. The van der Waals surface area contributed by atoms with Crippen molar-refractivity contribution >= 4 is 5.82 Å². The number of nitriles is 1. The highest BCUT2D eigenvalue weighted by Crippen LogP contribution is 2.23. The Morgan fingerprint density at radius 3 is 2.68 bits per heavy atom. The predicted molar refractivity (Wildman–Crippen MR) is 70.7 cm³/mol. The summed E-state index contributed by atoms with van der Waals surface area (Å²) in [6.45, 7) is 0.352. The molecule has 1 aromatic heterocycles. The van der Waals surface area contributed by atoms with Gasteiger partial charge in [0.2, 0.25) is 0 Å². The molecule has 0 aliphatic rings. The van der Waals surface area contributed by atoms with E-state index in [0.717, 1.165) is 5.56 Å². The van der Waals surface area contributed by atoms with Crippen LogP contribution in [0.15, 0.2) is 36.5 Å². The van der Waals surface area contributed by atoms with Gasteiger partial charge in [0.05, 0.1) is 18.7 Å². The largest absolute Gasteiger partial charge is 0.497 e. The van der Waals surface area contributed by atoms with Crippen LogP contribution < -0.4 is 15.2 Å². The maximum Gasteiger partial charge on any atom is 0.124 e. The lowest BCUT2D eigenvalue weighted by molar-refractivity contribution is 0.303. The summed E-state index contributed by atoms with van der Waals surface area (Å²) < 4.78 is 10.7. The van der Waals surface area contributed by atoms with Gasteiger partial charge in [-0.3, -0.25) is 0 Å². The number of nitrogens with two attached hydrogens (primary N) is 1. The van der Waals surface area contributed by atoms with Crippen LogP contribution in [0.2, 0.25) is 0 Å². The number of anilines is 1. The average molecular weight is 255 g/mol. The van der Waals surface area contributed by atoms with Crippen LogP contribution in [0.5, 0.6) is 11.5 Å². The molecule has 0 saturated carbocycles. The van der Waals surface area contributed by atoms with Crippen LogP contribution >= 0.6 is 0 Å².